The Bertz CT molecular complexity index is 1460. The molecule has 0 saturated heterocycles. The second-order valence-electron chi connectivity index (χ2n) is 8.19. The van der Waals surface area contributed by atoms with E-state index in [-0.39, 0.29) is 16.4 Å². The smallest absolute Gasteiger partial charge is 0.325 e. The summed E-state index contributed by atoms with van der Waals surface area (Å²) >= 11 is 1.01. The molecule has 4 aromatic rings. The molecule has 35 heavy (non-hydrogen) atoms. The number of thioether (sulfide) groups is 1. The number of aryl methyl sites for hydroxylation is 2. The Kier molecular flexibility index (Phi) is 6.71. The number of nitrogens with one attached hydrogen (secondary N) is 1. The lowest BCUT2D eigenvalue weighted by atomic mass is 10.1. The number of nitrogens with zero attached hydrogens (tertiary/aromatic N) is 2. The van der Waals surface area contributed by atoms with E-state index < -0.39 is 22.9 Å². The number of halogens is 3. The summed E-state index contributed by atoms with van der Waals surface area (Å²) in [5.41, 5.74) is 1.42. The Labute approximate surface area is 204 Å². The number of fused-ring (bicyclic) bond motifs is 1. The highest BCUT2D eigenvalue weighted by Crippen LogP contribution is 2.35. The van der Waals surface area contributed by atoms with Gasteiger partial charge >= 0.3 is 6.18 Å². The predicted octanol–water partition coefficient (Wildman–Crippen LogP) is 6.14. The third-order valence-electron chi connectivity index (χ3n) is 5.35. The number of carbonyl (C=O) groups excluding carboxylic acids is 1. The average Bonchev–Trinajstić information content (AvgIpc) is 2.78. The largest absolute Gasteiger partial charge is 0.418 e. The van der Waals surface area contributed by atoms with Crippen molar-refractivity contribution in [2.45, 2.75) is 37.4 Å². The molecule has 0 saturated carbocycles. The molecule has 1 N–H and O–H groups in total. The summed E-state index contributed by atoms with van der Waals surface area (Å²) in [4.78, 5) is 31.0. The van der Waals surface area contributed by atoms with Gasteiger partial charge in [0.1, 0.15) is 0 Å². The van der Waals surface area contributed by atoms with Crippen molar-refractivity contribution < 1.29 is 18.0 Å². The van der Waals surface area contributed by atoms with Crippen LogP contribution in [0.4, 0.5) is 18.9 Å². The Morgan fingerprint density at radius 3 is 2.31 bits per heavy atom. The van der Waals surface area contributed by atoms with Gasteiger partial charge in [-0.2, -0.15) is 13.2 Å². The van der Waals surface area contributed by atoms with Crippen LogP contribution in [0.1, 0.15) is 23.6 Å². The second kappa shape index (κ2) is 9.58. The van der Waals surface area contributed by atoms with E-state index in [0.717, 1.165) is 29.0 Å². The molecule has 5 nitrogen and oxygen atoms in total. The van der Waals surface area contributed by atoms with Gasteiger partial charge in [0.15, 0.2) is 5.16 Å². The molecule has 0 aliphatic rings. The molecule has 0 bridgehead atoms. The summed E-state index contributed by atoms with van der Waals surface area (Å²) < 4.78 is 41.5. The van der Waals surface area contributed by atoms with Gasteiger partial charge in [-0.15, -0.1) is 0 Å². The molecule has 0 aliphatic heterocycles. The lowest BCUT2D eigenvalue weighted by molar-refractivity contribution is -0.137. The van der Waals surface area contributed by atoms with Crippen LogP contribution in [-0.2, 0) is 11.0 Å². The Hall–Kier alpha value is -3.59. The number of alkyl halides is 3. The van der Waals surface area contributed by atoms with Crippen LogP contribution in [0.2, 0.25) is 0 Å². The summed E-state index contributed by atoms with van der Waals surface area (Å²) in [5.74, 6) is -0.638. The molecule has 1 atom stereocenters. The molecule has 3 aromatic carbocycles. The quantitative estimate of drug-likeness (QED) is 0.266. The van der Waals surface area contributed by atoms with Crippen LogP contribution < -0.4 is 10.9 Å². The van der Waals surface area contributed by atoms with Gasteiger partial charge in [-0.3, -0.25) is 14.2 Å². The van der Waals surface area contributed by atoms with Crippen LogP contribution in [-0.4, -0.2) is 20.7 Å². The monoisotopic (exact) mass is 497 g/mol. The van der Waals surface area contributed by atoms with Gasteiger partial charge in [0.25, 0.3) is 5.56 Å². The maximum atomic E-state index is 13.5. The average molecular weight is 498 g/mol. The predicted molar refractivity (Wildman–Crippen MR) is 132 cm³/mol. The van der Waals surface area contributed by atoms with E-state index in [1.54, 1.807) is 31.2 Å². The van der Waals surface area contributed by atoms with Gasteiger partial charge in [-0.1, -0.05) is 42.1 Å². The van der Waals surface area contributed by atoms with Crippen molar-refractivity contribution in [3.63, 3.8) is 0 Å². The van der Waals surface area contributed by atoms with E-state index in [1.165, 1.54) is 22.8 Å². The molecular formula is C26H22F3N3O2S. The number of rotatable bonds is 5. The fourth-order valence-corrected chi connectivity index (χ4v) is 4.71. The van der Waals surface area contributed by atoms with Gasteiger partial charge < -0.3 is 5.32 Å². The molecule has 0 fully saturated rings. The van der Waals surface area contributed by atoms with E-state index in [4.69, 9.17) is 0 Å². The fraction of sp³-hybridized carbons (Fsp3) is 0.192. The first-order valence-electron chi connectivity index (χ1n) is 10.8. The van der Waals surface area contributed by atoms with E-state index in [9.17, 15) is 22.8 Å². The van der Waals surface area contributed by atoms with Gasteiger partial charge in [0, 0.05) is 0 Å². The molecule has 0 radical (unpaired) electrons. The zero-order valence-corrected chi connectivity index (χ0v) is 20.0. The molecule has 1 unspecified atom stereocenters. The summed E-state index contributed by atoms with van der Waals surface area (Å²) in [5, 5.41) is 2.22. The third kappa shape index (κ3) is 5.24. The minimum atomic E-state index is -4.61. The van der Waals surface area contributed by atoms with Crippen LogP contribution in [0.15, 0.2) is 76.7 Å². The molecule has 180 valence electrons. The molecule has 0 spiro atoms. The van der Waals surface area contributed by atoms with Crippen LogP contribution >= 0.6 is 11.8 Å². The zero-order chi connectivity index (χ0) is 25.3. The number of amides is 1. The fourth-order valence-electron chi connectivity index (χ4n) is 3.78. The maximum absolute atomic E-state index is 13.5. The number of hydrogen-bond acceptors (Lipinski definition) is 4. The topological polar surface area (TPSA) is 64.0 Å². The Morgan fingerprint density at radius 1 is 1.00 bits per heavy atom. The van der Waals surface area contributed by atoms with Crippen molar-refractivity contribution in [1.82, 2.24) is 9.55 Å². The van der Waals surface area contributed by atoms with E-state index >= 15 is 0 Å². The van der Waals surface area contributed by atoms with Crippen LogP contribution in [0.5, 0.6) is 0 Å². The highest BCUT2D eigenvalue weighted by molar-refractivity contribution is 8.00. The SMILES string of the molecule is Cc1cc(C)cc(-n2c(SC(C)C(=O)Nc3ccccc3C(F)(F)F)nc3ccccc3c2=O)c1. The lowest BCUT2D eigenvalue weighted by Crippen LogP contribution is -2.27. The van der Waals surface area contributed by atoms with E-state index in [0.29, 0.717) is 16.6 Å². The molecule has 0 aliphatic carbocycles. The van der Waals surface area contributed by atoms with Gasteiger partial charge in [-0.25, -0.2) is 4.98 Å². The number of carbonyl (C=O) groups is 1. The van der Waals surface area contributed by atoms with Crippen LogP contribution in [0.25, 0.3) is 16.6 Å². The van der Waals surface area contributed by atoms with Crippen molar-refractivity contribution in [3.05, 3.63) is 93.8 Å². The molecule has 1 aromatic heterocycles. The standard InChI is InChI=1S/C26H22F3N3O2S/c1-15-12-16(2)14-18(13-15)32-24(34)19-8-4-6-10-21(19)31-25(32)35-17(3)23(33)30-22-11-7-5-9-20(22)26(27,28)29/h4-14,17H,1-3H3,(H,30,33). The summed E-state index contributed by atoms with van der Waals surface area (Å²) in [6.07, 6.45) is -4.61. The van der Waals surface area contributed by atoms with Crippen molar-refractivity contribution in [2.75, 3.05) is 5.32 Å². The van der Waals surface area contributed by atoms with Gasteiger partial charge in [0.05, 0.1) is 33.1 Å². The number of anilines is 1. The van der Waals surface area contributed by atoms with Crippen molar-refractivity contribution >= 4 is 34.3 Å². The van der Waals surface area contributed by atoms with Crippen LogP contribution in [0.3, 0.4) is 0 Å². The minimum Gasteiger partial charge on any atom is -0.325 e. The summed E-state index contributed by atoms with van der Waals surface area (Å²) in [6, 6.07) is 17.4. The third-order valence-corrected chi connectivity index (χ3v) is 6.40. The van der Waals surface area contributed by atoms with Gasteiger partial charge in [0.2, 0.25) is 5.91 Å². The van der Waals surface area contributed by atoms with Crippen molar-refractivity contribution in [1.29, 1.82) is 0 Å². The lowest BCUT2D eigenvalue weighted by Gasteiger charge is -2.18. The first-order chi connectivity index (χ1) is 16.5. The zero-order valence-electron chi connectivity index (χ0n) is 19.2. The number of aromatic nitrogens is 2. The molecule has 1 heterocycles. The van der Waals surface area contributed by atoms with E-state index in [2.05, 4.69) is 10.3 Å². The maximum Gasteiger partial charge on any atom is 0.418 e. The molecule has 9 heteroatoms. The van der Waals surface area contributed by atoms with Crippen molar-refractivity contribution in [3.8, 4) is 5.69 Å². The molecular weight excluding hydrogens is 475 g/mol. The first-order valence-corrected chi connectivity index (χ1v) is 11.7. The normalized spacial score (nSPS) is 12.5. The van der Waals surface area contributed by atoms with Crippen molar-refractivity contribution in [2.24, 2.45) is 0 Å². The highest BCUT2D eigenvalue weighted by Gasteiger charge is 2.34. The first kappa shape index (κ1) is 24.5. The van der Waals surface area contributed by atoms with E-state index in [1.807, 2.05) is 32.0 Å². The van der Waals surface area contributed by atoms with Gasteiger partial charge in [-0.05, 0) is 68.3 Å². The number of para-hydroxylation sites is 2. The Balaban J connectivity index is 1.74. The second-order valence-corrected chi connectivity index (χ2v) is 9.50. The molecule has 1 amide bonds. The highest BCUT2D eigenvalue weighted by atomic mass is 32.2. The van der Waals surface area contributed by atoms with Crippen LogP contribution in [0, 0.1) is 13.8 Å². The molecule has 4 rings (SSSR count). The Morgan fingerprint density at radius 2 is 1.63 bits per heavy atom. The minimum absolute atomic E-state index is 0.269. The summed E-state index contributed by atoms with van der Waals surface area (Å²) in [6.45, 7) is 5.39. The number of hydrogen-bond donors (Lipinski definition) is 1. The summed E-state index contributed by atoms with van der Waals surface area (Å²) in [7, 11) is 0. The number of benzene rings is 3.